The molecule has 2 aliphatic heterocycles. The van der Waals surface area contributed by atoms with Crippen molar-refractivity contribution in [1.82, 2.24) is 25.7 Å². The van der Waals surface area contributed by atoms with Gasteiger partial charge in [-0.25, -0.2) is 4.79 Å². The zero-order chi connectivity index (χ0) is 27.4. The molecule has 5 N–H and O–H groups in total. The molecule has 39 heavy (non-hydrogen) atoms. The van der Waals surface area contributed by atoms with Gasteiger partial charge in [-0.2, -0.15) is 0 Å². The van der Waals surface area contributed by atoms with E-state index in [2.05, 4.69) is 26.1 Å². The molecule has 1 saturated heterocycles. The molecule has 12 heteroatoms. The minimum Gasteiger partial charge on any atom is -0.472 e. The highest BCUT2D eigenvalue weighted by Crippen LogP contribution is 2.28. The number of carbonyl (C=O) groups is 4. The van der Waals surface area contributed by atoms with Gasteiger partial charge in [0.15, 0.2) is 5.82 Å². The third-order valence-electron chi connectivity index (χ3n) is 6.57. The number of nitrogens with one attached hydrogen (secondary N) is 3. The highest BCUT2D eigenvalue weighted by Gasteiger charge is 2.39. The molecule has 3 heterocycles. The van der Waals surface area contributed by atoms with E-state index in [1.54, 1.807) is 24.3 Å². The third kappa shape index (κ3) is 6.02. The van der Waals surface area contributed by atoms with E-state index in [1.807, 2.05) is 30.3 Å². The lowest BCUT2D eigenvalue weighted by atomic mass is 10.0. The van der Waals surface area contributed by atoms with Gasteiger partial charge in [0.2, 0.25) is 17.7 Å². The molecule has 0 bridgehead atoms. The molecule has 2 aliphatic rings. The van der Waals surface area contributed by atoms with E-state index in [9.17, 15) is 19.2 Å². The molecular weight excluding hydrogens is 502 g/mol. The van der Waals surface area contributed by atoms with E-state index in [4.69, 9.17) is 10.5 Å². The van der Waals surface area contributed by atoms with Crippen LogP contribution in [-0.4, -0.2) is 44.9 Å². The van der Waals surface area contributed by atoms with E-state index in [-0.39, 0.29) is 37.1 Å². The van der Waals surface area contributed by atoms with Crippen LogP contribution in [0.2, 0.25) is 0 Å². The normalized spacial score (nSPS) is 16.5. The Kier molecular flexibility index (Phi) is 7.46. The summed E-state index contributed by atoms with van der Waals surface area (Å²) < 4.78 is 5.63. The lowest BCUT2D eigenvalue weighted by Crippen LogP contribution is -2.52. The van der Waals surface area contributed by atoms with Crippen LogP contribution < -0.4 is 26.4 Å². The smallest absolute Gasteiger partial charge is 0.320 e. The Morgan fingerprint density at radius 3 is 2.51 bits per heavy atom. The zero-order valence-corrected chi connectivity index (χ0v) is 21.0. The summed E-state index contributed by atoms with van der Waals surface area (Å²) in [5.74, 6) is -0.444. The Balaban J connectivity index is 1.10. The molecule has 5 rings (SSSR count). The predicted octanol–water partition coefficient (Wildman–Crippen LogP) is 1.60. The number of rotatable bonds is 8. The summed E-state index contributed by atoms with van der Waals surface area (Å²) in [5, 5.41) is 15.6. The third-order valence-corrected chi connectivity index (χ3v) is 6.57. The van der Waals surface area contributed by atoms with Crippen molar-refractivity contribution in [2.45, 2.75) is 45.1 Å². The second-order valence-corrected chi connectivity index (χ2v) is 9.27. The van der Waals surface area contributed by atoms with Crippen LogP contribution in [0.5, 0.6) is 5.88 Å². The molecule has 1 aromatic heterocycles. The maximum absolute atomic E-state index is 12.8. The Morgan fingerprint density at radius 2 is 1.79 bits per heavy atom. The van der Waals surface area contributed by atoms with Gasteiger partial charge in [0.05, 0.1) is 0 Å². The lowest BCUT2D eigenvalue weighted by Gasteiger charge is -2.29. The second-order valence-electron chi connectivity index (χ2n) is 9.27. The summed E-state index contributed by atoms with van der Waals surface area (Å²) in [6.45, 7) is 1.28. The minimum atomic E-state index is -0.671. The van der Waals surface area contributed by atoms with Gasteiger partial charge in [-0.3, -0.25) is 25.0 Å². The number of benzene rings is 2. The van der Waals surface area contributed by atoms with Gasteiger partial charge in [0, 0.05) is 37.7 Å². The number of hydrogen-bond acceptors (Lipinski definition) is 8. The average Bonchev–Trinajstić information content (AvgIpc) is 3.27. The van der Waals surface area contributed by atoms with E-state index in [0.717, 1.165) is 22.3 Å². The molecule has 1 unspecified atom stereocenters. The number of hydrogen-bond donors (Lipinski definition) is 4. The Morgan fingerprint density at radius 1 is 1.03 bits per heavy atom. The number of carbonyl (C=O) groups excluding carboxylic acids is 4. The molecule has 0 spiro atoms. The van der Waals surface area contributed by atoms with Crippen molar-refractivity contribution in [3.05, 3.63) is 82.4 Å². The predicted molar refractivity (Wildman–Crippen MR) is 139 cm³/mol. The molecule has 1 fully saturated rings. The first-order valence-electron chi connectivity index (χ1n) is 12.5. The summed E-state index contributed by atoms with van der Waals surface area (Å²) in [6.07, 6.45) is 0.503. The second kappa shape index (κ2) is 11.3. The molecule has 12 nitrogen and oxygen atoms in total. The van der Waals surface area contributed by atoms with Gasteiger partial charge in [-0.1, -0.05) is 36.4 Å². The van der Waals surface area contributed by atoms with Gasteiger partial charge in [0.1, 0.15) is 12.6 Å². The van der Waals surface area contributed by atoms with Crippen LogP contribution in [0.1, 0.15) is 45.5 Å². The molecule has 200 valence electrons. The molecule has 0 aliphatic carbocycles. The van der Waals surface area contributed by atoms with Gasteiger partial charge in [0.25, 0.3) is 5.91 Å². The summed E-state index contributed by atoms with van der Waals surface area (Å²) in [5.41, 5.74) is 9.68. The largest absolute Gasteiger partial charge is 0.472 e. The van der Waals surface area contributed by atoms with Crippen molar-refractivity contribution in [3.63, 3.8) is 0 Å². The van der Waals surface area contributed by atoms with Crippen molar-refractivity contribution in [3.8, 4) is 5.88 Å². The van der Waals surface area contributed by atoms with E-state index in [1.165, 1.54) is 4.90 Å². The van der Waals surface area contributed by atoms with Crippen molar-refractivity contribution >= 4 is 29.6 Å². The van der Waals surface area contributed by atoms with Gasteiger partial charge >= 0.3 is 6.03 Å². The van der Waals surface area contributed by atoms with E-state index >= 15 is 0 Å². The van der Waals surface area contributed by atoms with E-state index in [0.29, 0.717) is 31.0 Å². The van der Waals surface area contributed by atoms with Crippen LogP contribution in [0.3, 0.4) is 0 Å². The van der Waals surface area contributed by atoms with Crippen molar-refractivity contribution in [2.75, 3.05) is 5.32 Å². The van der Waals surface area contributed by atoms with Crippen LogP contribution in [0.25, 0.3) is 0 Å². The van der Waals surface area contributed by atoms with Gasteiger partial charge < -0.3 is 20.7 Å². The standard InChI is InChI=1S/C27H27N7O5/c28-12-16-1-3-17(4-2-16)15-39-24-10-8-22(32-33-24)30-27(38)29-13-18-5-6-20-19(11-18)14-34(26(20)37)21-7-9-23(35)31-25(21)36/h1-6,8,10-11,21H,7,9,12-15,28H2,(H,31,35,36)(H2,29,30,32,38). The Labute approximate surface area is 223 Å². The highest BCUT2D eigenvalue weighted by atomic mass is 16.5. The first-order chi connectivity index (χ1) is 18.9. The fourth-order valence-electron chi connectivity index (χ4n) is 4.47. The number of fused-ring (bicyclic) bond motifs is 1. The number of imide groups is 1. The number of piperidine rings is 1. The molecule has 1 atom stereocenters. The van der Waals surface area contributed by atoms with Crippen molar-refractivity contribution in [1.29, 1.82) is 0 Å². The number of ether oxygens (including phenoxy) is 1. The first kappa shape index (κ1) is 25.8. The van der Waals surface area contributed by atoms with Crippen LogP contribution in [0.15, 0.2) is 54.6 Å². The summed E-state index contributed by atoms with van der Waals surface area (Å²) in [6, 6.07) is 15.1. The van der Waals surface area contributed by atoms with Crippen molar-refractivity contribution in [2.24, 2.45) is 5.73 Å². The Bertz CT molecular complexity index is 1410. The maximum Gasteiger partial charge on any atom is 0.320 e. The number of amides is 5. The topological polar surface area (TPSA) is 169 Å². The number of nitrogens with two attached hydrogens (primary N) is 1. The van der Waals surface area contributed by atoms with Crippen molar-refractivity contribution < 1.29 is 23.9 Å². The average molecular weight is 530 g/mol. The summed E-state index contributed by atoms with van der Waals surface area (Å²) in [7, 11) is 0. The fraction of sp³-hybridized carbons (Fsp3) is 0.259. The van der Waals surface area contributed by atoms with Gasteiger partial charge in [-0.15, -0.1) is 10.2 Å². The fourth-order valence-corrected chi connectivity index (χ4v) is 4.47. The molecular formula is C27H27N7O5. The monoisotopic (exact) mass is 529 g/mol. The number of urea groups is 1. The number of anilines is 1. The SMILES string of the molecule is NCc1ccc(COc2ccc(NC(=O)NCc3ccc4c(c3)CN(C3CCC(=O)NC3=O)C4=O)nn2)cc1. The zero-order valence-electron chi connectivity index (χ0n) is 21.0. The molecule has 5 amide bonds. The van der Waals surface area contributed by atoms with Crippen LogP contribution >= 0.6 is 0 Å². The number of aromatic nitrogens is 2. The molecule has 0 radical (unpaired) electrons. The minimum absolute atomic E-state index is 0.199. The summed E-state index contributed by atoms with van der Waals surface area (Å²) >= 11 is 0. The maximum atomic E-state index is 12.8. The van der Waals surface area contributed by atoms with Crippen LogP contribution in [-0.2, 0) is 35.8 Å². The van der Waals surface area contributed by atoms with Crippen LogP contribution in [0.4, 0.5) is 10.6 Å². The quantitative estimate of drug-likeness (QED) is 0.319. The molecule has 2 aromatic carbocycles. The molecule has 3 aromatic rings. The summed E-state index contributed by atoms with van der Waals surface area (Å²) in [4.78, 5) is 50.3. The highest BCUT2D eigenvalue weighted by molar-refractivity contribution is 6.05. The Hall–Kier alpha value is -4.84. The first-order valence-corrected chi connectivity index (χ1v) is 12.5. The van der Waals surface area contributed by atoms with Crippen LogP contribution in [0, 0.1) is 0 Å². The lowest BCUT2D eigenvalue weighted by molar-refractivity contribution is -0.136. The molecule has 0 saturated carbocycles. The van der Waals surface area contributed by atoms with E-state index < -0.39 is 18.0 Å². The number of nitrogens with zero attached hydrogens (tertiary/aromatic N) is 3. The van der Waals surface area contributed by atoms with Gasteiger partial charge in [-0.05, 0) is 40.8 Å².